The molecule has 0 unspecified atom stereocenters. The third-order valence-corrected chi connectivity index (χ3v) is 5.00. The first-order valence-electron chi connectivity index (χ1n) is 8.71. The summed E-state index contributed by atoms with van der Waals surface area (Å²) in [6.07, 6.45) is 2.24. The van der Waals surface area contributed by atoms with Gasteiger partial charge in [-0.25, -0.2) is 4.79 Å². The predicted octanol–water partition coefficient (Wildman–Crippen LogP) is 3.67. The number of ether oxygens (including phenoxy) is 1. The number of rotatable bonds is 4. The second-order valence-electron chi connectivity index (χ2n) is 7.58. The maximum Gasteiger partial charge on any atom is 0.356 e. The maximum absolute atomic E-state index is 12.6. The Morgan fingerprint density at radius 1 is 1.38 bits per heavy atom. The maximum atomic E-state index is 12.6. The number of piperidine rings is 1. The van der Waals surface area contributed by atoms with Crippen LogP contribution in [0.5, 0.6) is 0 Å². The summed E-state index contributed by atoms with van der Waals surface area (Å²) in [5, 5.41) is 4.09. The zero-order chi connectivity index (χ0) is 18.9. The molecule has 1 fully saturated rings. The second-order valence-corrected chi connectivity index (χ2v) is 8.02. The number of fused-ring (bicyclic) bond motifs is 1. The third-order valence-electron chi connectivity index (χ3n) is 4.76. The summed E-state index contributed by atoms with van der Waals surface area (Å²) >= 11 is 6.09. The van der Waals surface area contributed by atoms with Crippen molar-refractivity contribution in [3.8, 4) is 0 Å². The monoisotopic (exact) mass is 377 g/mol. The number of carbonyl (C=O) groups is 2. The van der Waals surface area contributed by atoms with Gasteiger partial charge >= 0.3 is 5.97 Å². The SMILES string of the molecule is COC(=O)c1[nH]c2ccc(Cl)cc2c1NC(=O)CN1CCCC(C)(C)C1. The van der Waals surface area contributed by atoms with E-state index in [1.54, 1.807) is 18.2 Å². The minimum Gasteiger partial charge on any atom is -0.464 e. The Bertz CT molecular complexity index is 844. The number of benzene rings is 1. The molecule has 1 aromatic heterocycles. The summed E-state index contributed by atoms with van der Waals surface area (Å²) in [5.74, 6) is -0.694. The molecule has 1 aromatic carbocycles. The number of hydrogen-bond donors (Lipinski definition) is 2. The van der Waals surface area contributed by atoms with Gasteiger partial charge in [-0.05, 0) is 43.0 Å². The molecule has 7 heteroatoms. The average molecular weight is 378 g/mol. The van der Waals surface area contributed by atoms with Crippen molar-refractivity contribution in [2.24, 2.45) is 5.41 Å². The van der Waals surface area contributed by atoms with Crippen LogP contribution in [0, 0.1) is 5.41 Å². The van der Waals surface area contributed by atoms with Gasteiger partial charge in [0.2, 0.25) is 5.91 Å². The summed E-state index contributed by atoms with van der Waals surface area (Å²) in [5.41, 5.74) is 1.56. The number of nitrogens with one attached hydrogen (secondary N) is 2. The summed E-state index contributed by atoms with van der Waals surface area (Å²) in [6.45, 7) is 6.50. The van der Waals surface area contributed by atoms with Gasteiger partial charge in [0.05, 0.1) is 19.3 Å². The molecule has 140 valence electrons. The highest BCUT2D eigenvalue weighted by Gasteiger charge is 2.28. The Kier molecular flexibility index (Phi) is 5.25. The molecule has 0 radical (unpaired) electrons. The van der Waals surface area contributed by atoms with Crippen LogP contribution in [0.4, 0.5) is 5.69 Å². The van der Waals surface area contributed by atoms with Gasteiger partial charge in [0.1, 0.15) is 5.69 Å². The molecule has 1 saturated heterocycles. The molecule has 0 aliphatic carbocycles. The second kappa shape index (κ2) is 7.29. The van der Waals surface area contributed by atoms with E-state index in [9.17, 15) is 9.59 Å². The first-order valence-corrected chi connectivity index (χ1v) is 9.08. The van der Waals surface area contributed by atoms with E-state index in [0.29, 0.717) is 21.6 Å². The Labute approximate surface area is 157 Å². The molecule has 2 aromatic rings. The van der Waals surface area contributed by atoms with Crippen molar-refractivity contribution in [2.75, 3.05) is 32.1 Å². The number of methoxy groups -OCH3 is 1. The first-order chi connectivity index (χ1) is 12.3. The highest BCUT2D eigenvalue weighted by molar-refractivity contribution is 6.31. The Balaban J connectivity index is 1.83. The highest BCUT2D eigenvalue weighted by Crippen LogP contribution is 2.31. The van der Waals surface area contributed by atoms with Gasteiger partial charge in [-0.3, -0.25) is 9.69 Å². The number of nitrogens with zero attached hydrogens (tertiary/aromatic N) is 1. The fourth-order valence-corrected chi connectivity index (χ4v) is 3.78. The molecule has 3 rings (SSSR count). The van der Waals surface area contributed by atoms with Crippen LogP contribution in [-0.4, -0.2) is 48.5 Å². The summed E-state index contributed by atoms with van der Waals surface area (Å²) in [7, 11) is 1.31. The molecule has 1 aliphatic heterocycles. The minimum absolute atomic E-state index is 0.159. The molecule has 1 amide bonds. The van der Waals surface area contributed by atoms with Crippen LogP contribution in [0.2, 0.25) is 5.02 Å². The fourth-order valence-electron chi connectivity index (χ4n) is 3.61. The molecule has 2 heterocycles. The number of halogens is 1. The van der Waals surface area contributed by atoms with Crippen LogP contribution < -0.4 is 5.32 Å². The van der Waals surface area contributed by atoms with Gasteiger partial charge in [0.25, 0.3) is 0 Å². The van der Waals surface area contributed by atoms with E-state index in [2.05, 4.69) is 29.0 Å². The molecule has 1 aliphatic rings. The number of aromatic amines is 1. The van der Waals surface area contributed by atoms with E-state index in [1.807, 2.05) is 0 Å². The first kappa shape index (κ1) is 18.7. The van der Waals surface area contributed by atoms with Gasteiger partial charge in [0, 0.05) is 22.5 Å². The van der Waals surface area contributed by atoms with E-state index in [0.717, 1.165) is 19.5 Å². The number of H-pyrrole nitrogens is 1. The van der Waals surface area contributed by atoms with E-state index < -0.39 is 5.97 Å². The van der Waals surface area contributed by atoms with Crippen molar-refractivity contribution in [3.05, 3.63) is 28.9 Å². The van der Waals surface area contributed by atoms with Crippen LogP contribution in [0.3, 0.4) is 0 Å². The molecule has 0 spiro atoms. The van der Waals surface area contributed by atoms with E-state index >= 15 is 0 Å². The van der Waals surface area contributed by atoms with Gasteiger partial charge in [0.15, 0.2) is 0 Å². The molecule has 6 nitrogen and oxygen atoms in total. The normalized spacial score (nSPS) is 17.2. The van der Waals surface area contributed by atoms with Crippen molar-refractivity contribution in [1.82, 2.24) is 9.88 Å². The van der Waals surface area contributed by atoms with E-state index in [4.69, 9.17) is 16.3 Å². The minimum atomic E-state index is -0.535. The van der Waals surface area contributed by atoms with Crippen molar-refractivity contribution in [2.45, 2.75) is 26.7 Å². The lowest BCUT2D eigenvalue weighted by atomic mass is 9.84. The van der Waals surface area contributed by atoms with Gasteiger partial charge in [-0.1, -0.05) is 25.4 Å². The average Bonchev–Trinajstić information content (AvgIpc) is 2.91. The van der Waals surface area contributed by atoms with Crippen LogP contribution in [0.15, 0.2) is 18.2 Å². The predicted molar refractivity (Wildman–Crippen MR) is 103 cm³/mol. The van der Waals surface area contributed by atoms with Crippen LogP contribution >= 0.6 is 11.6 Å². The molecule has 26 heavy (non-hydrogen) atoms. The summed E-state index contributed by atoms with van der Waals surface area (Å²) in [6, 6.07) is 5.22. The van der Waals surface area contributed by atoms with Gasteiger partial charge < -0.3 is 15.0 Å². The number of likely N-dealkylation sites (tertiary alicyclic amines) is 1. The van der Waals surface area contributed by atoms with Crippen LogP contribution in [-0.2, 0) is 9.53 Å². The lowest BCUT2D eigenvalue weighted by Crippen LogP contribution is -2.43. The topological polar surface area (TPSA) is 74.4 Å². The number of carbonyl (C=O) groups excluding carboxylic acids is 2. The molecule has 0 atom stereocenters. The zero-order valence-electron chi connectivity index (χ0n) is 15.3. The number of amides is 1. The number of anilines is 1. The summed E-state index contributed by atoms with van der Waals surface area (Å²) < 4.78 is 4.83. The summed E-state index contributed by atoms with van der Waals surface area (Å²) in [4.78, 5) is 29.9. The van der Waals surface area contributed by atoms with Gasteiger partial charge in [-0.15, -0.1) is 0 Å². The Morgan fingerprint density at radius 2 is 2.15 bits per heavy atom. The molecule has 0 saturated carbocycles. The lowest BCUT2D eigenvalue weighted by Gasteiger charge is -2.37. The third kappa shape index (κ3) is 4.02. The van der Waals surface area contributed by atoms with Crippen molar-refractivity contribution in [1.29, 1.82) is 0 Å². The molecular weight excluding hydrogens is 354 g/mol. The van der Waals surface area contributed by atoms with Crippen LogP contribution in [0.1, 0.15) is 37.2 Å². The van der Waals surface area contributed by atoms with E-state index in [-0.39, 0.29) is 23.6 Å². The number of esters is 1. The molecular formula is C19H24ClN3O3. The fraction of sp³-hybridized carbons (Fsp3) is 0.474. The highest BCUT2D eigenvalue weighted by atomic mass is 35.5. The van der Waals surface area contributed by atoms with Gasteiger partial charge in [-0.2, -0.15) is 0 Å². The molecule has 0 bridgehead atoms. The Hall–Kier alpha value is -2.05. The number of hydrogen-bond acceptors (Lipinski definition) is 4. The quantitative estimate of drug-likeness (QED) is 0.797. The van der Waals surface area contributed by atoms with Crippen molar-refractivity contribution >= 4 is 40.1 Å². The van der Waals surface area contributed by atoms with Crippen molar-refractivity contribution < 1.29 is 14.3 Å². The van der Waals surface area contributed by atoms with Crippen LogP contribution in [0.25, 0.3) is 10.9 Å². The zero-order valence-corrected chi connectivity index (χ0v) is 16.1. The van der Waals surface area contributed by atoms with E-state index in [1.165, 1.54) is 13.5 Å². The smallest absolute Gasteiger partial charge is 0.356 e. The standard InChI is InChI=1S/C19H24ClN3O3/c1-19(2)7-4-8-23(11-19)10-15(24)22-16-13-9-12(20)5-6-14(13)21-17(16)18(25)26-3/h5-6,9,21H,4,7-8,10-11H2,1-3H3,(H,22,24). The largest absolute Gasteiger partial charge is 0.464 e. The number of aromatic nitrogens is 1. The molecule has 2 N–H and O–H groups in total. The lowest BCUT2D eigenvalue weighted by molar-refractivity contribution is -0.118. The van der Waals surface area contributed by atoms with Crippen molar-refractivity contribution in [3.63, 3.8) is 0 Å². The Morgan fingerprint density at radius 3 is 2.85 bits per heavy atom.